The maximum atomic E-state index is 6.72. The Morgan fingerprint density at radius 2 is 1.07 bits per heavy atom. The lowest BCUT2D eigenvalue weighted by Crippen LogP contribution is -2.32. The van der Waals surface area contributed by atoms with Crippen LogP contribution in [0, 0.1) is 0 Å². The Kier molecular flexibility index (Phi) is 7.58. The normalized spacial score (nSPS) is 13.9. The highest BCUT2D eigenvalue weighted by molar-refractivity contribution is 7.26. The molecule has 10 aromatic rings. The third-order valence-electron chi connectivity index (χ3n) is 12.9. The fourth-order valence-corrected chi connectivity index (χ4v) is 11.6. The second kappa shape index (κ2) is 13.2. The number of para-hydroxylation sites is 2. The average Bonchev–Trinajstić information content (AvgIpc) is 3.82. The molecule has 2 aliphatic rings. The van der Waals surface area contributed by atoms with Crippen molar-refractivity contribution in [3.8, 4) is 33.8 Å². The highest BCUT2D eigenvalue weighted by Crippen LogP contribution is 2.64. The van der Waals surface area contributed by atoms with Crippen molar-refractivity contribution in [2.45, 2.75) is 24.2 Å². The first kappa shape index (κ1) is 33.4. The smallest absolute Gasteiger partial charge is 0.132 e. The average molecular weight is 759 g/mol. The SMILES string of the molecule is c1ccc(-c2ccc(C(CCc3cccc4c3sc3ccccc34)c3cccc4c3-c3c(ccc5ccccc35)C43c4ccccc4Oc4ccccc43)cc2)cc1. The molecule has 1 atom stereocenters. The number of rotatable bonds is 6. The second-order valence-electron chi connectivity index (χ2n) is 15.8. The molecular weight excluding hydrogens is 721 g/mol. The quantitative estimate of drug-likeness (QED) is 0.164. The van der Waals surface area contributed by atoms with Gasteiger partial charge in [-0.15, -0.1) is 11.3 Å². The first-order valence-corrected chi connectivity index (χ1v) is 21.2. The maximum Gasteiger partial charge on any atom is 0.132 e. The summed E-state index contributed by atoms with van der Waals surface area (Å²) in [6.45, 7) is 0. The molecule has 1 aromatic heterocycles. The van der Waals surface area contributed by atoms with Gasteiger partial charge >= 0.3 is 0 Å². The molecule has 0 saturated carbocycles. The van der Waals surface area contributed by atoms with Gasteiger partial charge in [0.15, 0.2) is 0 Å². The van der Waals surface area contributed by atoms with Crippen LogP contribution in [0.15, 0.2) is 200 Å². The highest BCUT2D eigenvalue weighted by Gasteiger charge is 2.52. The van der Waals surface area contributed by atoms with Gasteiger partial charge in [-0.3, -0.25) is 0 Å². The van der Waals surface area contributed by atoms with E-state index in [9.17, 15) is 0 Å². The van der Waals surface area contributed by atoms with E-state index in [0.29, 0.717) is 0 Å². The van der Waals surface area contributed by atoms with Gasteiger partial charge in [-0.2, -0.15) is 0 Å². The van der Waals surface area contributed by atoms with Gasteiger partial charge in [-0.25, -0.2) is 0 Å². The van der Waals surface area contributed by atoms with Crippen LogP contribution >= 0.6 is 11.3 Å². The van der Waals surface area contributed by atoms with E-state index in [4.69, 9.17) is 4.74 Å². The van der Waals surface area contributed by atoms with Gasteiger partial charge in [0.2, 0.25) is 0 Å². The molecule has 2 heteroatoms. The lowest BCUT2D eigenvalue weighted by atomic mass is 9.66. The van der Waals surface area contributed by atoms with Crippen LogP contribution in [0.4, 0.5) is 0 Å². The Balaban J connectivity index is 1.11. The molecule has 0 saturated heterocycles. The van der Waals surface area contributed by atoms with Crippen molar-refractivity contribution in [2.75, 3.05) is 0 Å². The third-order valence-corrected chi connectivity index (χ3v) is 14.1. The Hall–Kier alpha value is -6.74. The zero-order chi connectivity index (χ0) is 38.2. The van der Waals surface area contributed by atoms with Crippen molar-refractivity contribution in [2.24, 2.45) is 0 Å². The van der Waals surface area contributed by atoms with Crippen molar-refractivity contribution < 1.29 is 4.74 Å². The summed E-state index contributed by atoms with van der Waals surface area (Å²) in [6.07, 6.45) is 1.93. The van der Waals surface area contributed by atoms with E-state index in [1.807, 2.05) is 11.3 Å². The van der Waals surface area contributed by atoms with Gasteiger partial charge in [-0.05, 0) is 91.9 Å². The van der Waals surface area contributed by atoms with Gasteiger partial charge < -0.3 is 4.74 Å². The minimum atomic E-state index is -0.541. The zero-order valence-corrected chi connectivity index (χ0v) is 32.7. The van der Waals surface area contributed by atoms with E-state index in [2.05, 4.69) is 200 Å². The molecule has 9 aromatic carbocycles. The van der Waals surface area contributed by atoms with E-state index in [1.54, 1.807) is 0 Å². The molecule has 0 N–H and O–H groups in total. The van der Waals surface area contributed by atoms with Crippen molar-refractivity contribution in [3.63, 3.8) is 0 Å². The fourth-order valence-electron chi connectivity index (χ4n) is 10.4. The predicted octanol–water partition coefficient (Wildman–Crippen LogP) is 15.1. The van der Waals surface area contributed by atoms with Crippen molar-refractivity contribution in [1.82, 2.24) is 0 Å². The van der Waals surface area contributed by atoms with Gasteiger partial charge in [0.05, 0.1) is 5.41 Å². The standard InChI is InChI=1S/C56H38OS/c1-2-14-36(15-3-1)37-28-30-39(31-29-37)41(34-32-40-17-12-21-45-43-19-6-11-27-52(43)58-55(40)45)44-20-13-24-48-54(44)53-42-18-5-4-16-38(42)33-35-49(53)56(48)46-22-7-9-25-50(46)57-51-26-10-8-23-47(51)56/h1-31,33,35,41H,32,34H2. The topological polar surface area (TPSA) is 9.23 Å². The van der Waals surface area contributed by atoms with Gasteiger partial charge in [0, 0.05) is 37.2 Å². The first-order chi connectivity index (χ1) is 28.8. The van der Waals surface area contributed by atoms with E-state index < -0.39 is 5.41 Å². The van der Waals surface area contributed by atoms with Gasteiger partial charge in [0.25, 0.3) is 0 Å². The Morgan fingerprint density at radius 3 is 1.88 bits per heavy atom. The molecule has 58 heavy (non-hydrogen) atoms. The highest BCUT2D eigenvalue weighted by atomic mass is 32.1. The van der Waals surface area contributed by atoms with Crippen molar-refractivity contribution in [3.05, 3.63) is 239 Å². The summed E-state index contributed by atoms with van der Waals surface area (Å²) in [6, 6.07) is 74.2. The van der Waals surface area contributed by atoms with Crippen LogP contribution in [0.2, 0.25) is 0 Å². The van der Waals surface area contributed by atoms with Crippen LogP contribution in [0.3, 0.4) is 0 Å². The van der Waals surface area contributed by atoms with E-state index >= 15 is 0 Å². The number of fused-ring (bicyclic) bond motifs is 14. The summed E-state index contributed by atoms with van der Waals surface area (Å²) in [7, 11) is 0. The Morgan fingerprint density at radius 1 is 0.448 bits per heavy atom. The number of aryl methyl sites for hydroxylation is 1. The number of ether oxygens (including phenoxy) is 1. The van der Waals surface area contributed by atoms with Crippen molar-refractivity contribution >= 4 is 42.3 Å². The lowest BCUT2D eigenvalue weighted by Gasteiger charge is -2.39. The molecule has 2 heterocycles. The van der Waals surface area contributed by atoms with Gasteiger partial charge in [0.1, 0.15) is 11.5 Å². The van der Waals surface area contributed by atoms with E-state index in [1.165, 1.54) is 92.1 Å². The summed E-state index contributed by atoms with van der Waals surface area (Å²) in [5.74, 6) is 1.97. The van der Waals surface area contributed by atoms with Crippen LogP contribution in [0.25, 0.3) is 53.2 Å². The molecule has 0 amide bonds. The molecule has 274 valence electrons. The summed E-state index contributed by atoms with van der Waals surface area (Å²) in [5.41, 5.74) is 13.8. The molecule has 0 radical (unpaired) electrons. The molecule has 1 nitrogen and oxygen atoms in total. The molecule has 1 unspecified atom stereocenters. The Bertz CT molecular complexity index is 3160. The molecule has 0 fully saturated rings. The van der Waals surface area contributed by atoms with Crippen molar-refractivity contribution in [1.29, 1.82) is 0 Å². The van der Waals surface area contributed by atoms with E-state index in [0.717, 1.165) is 24.3 Å². The van der Waals surface area contributed by atoms with Gasteiger partial charge in [-0.1, -0.05) is 182 Å². The summed E-state index contributed by atoms with van der Waals surface area (Å²) in [4.78, 5) is 0. The largest absolute Gasteiger partial charge is 0.457 e. The minimum Gasteiger partial charge on any atom is -0.457 e. The van der Waals surface area contributed by atoms with Crippen LogP contribution in [-0.4, -0.2) is 0 Å². The molecule has 1 spiro atoms. The Labute approximate surface area is 342 Å². The predicted molar refractivity (Wildman–Crippen MR) is 243 cm³/mol. The second-order valence-corrected chi connectivity index (χ2v) is 16.8. The van der Waals surface area contributed by atoms with E-state index in [-0.39, 0.29) is 5.92 Å². The summed E-state index contributed by atoms with van der Waals surface area (Å²) in [5, 5.41) is 5.26. The summed E-state index contributed by atoms with van der Waals surface area (Å²) < 4.78 is 9.48. The first-order valence-electron chi connectivity index (χ1n) is 20.3. The minimum absolute atomic E-state index is 0.136. The number of thiophene rings is 1. The molecular formula is C56H38OS. The third kappa shape index (κ3) is 4.88. The molecule has 1 aliphatic carbocycles. The molecule has 0 bridgehead atoms. The molecule has 12 rings (SSSR count). The lowest BCUT2D eigenvalue weighted by molar-refractivity contribution is 0.436. The zero-order valence-electron chi connectivity index (χ0n) is 31.9. The van der Waals surface area contributed by atoms with Crippen LogP contribution in [0.1, 0.15) is 51.3 Å². The molecule has 1 aliphatic heterocycles. The number of hydrogen-bond acceptors (Lipinski definition) is 2. The van der Waals surface area contributed by atoms with Crippen LogP contribution in [-0.2, 0) is 11.8 Å². The van der Waals surface area contributed by atoms with Crippen LogP contribution < -0.4 is 4.74 Å². The number of hydrogen-bond donors (Lipinski definition) is 0. The number of benzene rings is 9. The van der Waals surface area contributed by atoms with Crippen LogP contribution in [0.5, 0.6) is 11.5 Å². The monoisotopic (exact) mass is 758 g/mol. The maximum absolute atomic E-state index is 6.72. The fraction of sp³-hybridized carbons (Fsp3) is 0.0714. The summed E-state index contributed by atoms with van der Waals surface area (Å²) >= 11 is 1.93.